The zero-order valence-corrected chi connectivity index (χ0v) is 31.6. The lowest BCUT2D eigenvalue weighted by Gasteiger charge is -2.29. The number of hydrogen-bond donors (Lipinski definition) is 6. The molecule has 1 heterocycles. The number of rotatable bonds is 19. The van der Waals surface area contributed by atoms with Gasteiger partial charge >= 0.3 is 5.97 Å². The van der Waals surface area contributed by atoms with Gasteiger partial charge in [-0.2, -0.15) is 0 Å². The van der Waals surface area contributed by atoms with Gasteiger partial charge in [-0.25, -0.2) is 13.1 Å². The maximum atomic E-state index is 14.0. The standard InChI is InChI=1S/C37H49N7O9S/c1-24(2)20-30(42-54(52,53)19-18-43(3)4)37(51)44-17-11-16-31(44)36(50)41-29(22-26-14-9-6-10-15-26)35(49)40-28(21-25-12-7-5-8-13-25)34(48)39-27(33(38)47)23-32(45)46/h5-10,12-15,21-22,24,27,30-31,42H,11,16-20,23H2,1-4H3,(H2,38,47)(H,39,48)(H,40,49)(H,41,50)(H,45,46)/b28-21-,29-22-/t27-,30-,31-/m0/s1. The normalized spacial score (nSPS) is 16.1. The molecule has 2 aromatic carbocycles. The van der Waals surface area contributed by atoms with E-state index in [1.807, 2.05) is 13.8 Å². The number of carboxylic acid groups (broad SMARTS) is 1. The molecule has 16 nitrogen and oxygen atoms in total. The Morgan fingerprint density at radius 1 is 0.889 bits per heavy atom. The second kappa shape index (κ2) is 20.2. The van der Waals surface area contributed by atoms with Crippen molar-refractivity contribution in [2.24, 2.45) is 11.7 Å². The highest BCUT2D eigenvalue weighted by atomic mass is 32.2. The van der Waals surface area contributed by atoms with Crippen LogP contribution in [0.4, 0.5) is 0 Å². The number of carbonyl (C=O) groups excluding carboxylic acids is 5. The largest absolute Gasteiger partial charge is 0.481 e. The number of carboxylic acids is 1. The summed E-state index contributed by atoms with van der Waals surface area (Å²) >= 11 is 0. The fourth-order valence-corrected chi connectivity index (χ4v) is 6.89. The molecule has 17 heteroatoms. The van der Waals surface area contributed by atoms with E-state index in [0.29, 0.717) is 17.5 Å². The van der Waals surface area contributed by atoms with Crippen molar-refractivity contribution >= 4 is 57.7 Å². The summed E-state index contributed by atoms with van der Waals surface area (Å²) in [4.78, 5) is 81.5. The quantitative estimate of drug-likeness (QED) is 0.109. The van der Waals surface area contributed by atoms with Gasteiger partial charge in [0.15, 0.2) is 0 Å². The Hall–Kier alpha value is -5.39. The highest BCUT2D eigenvalue weighted by Crippen LogP contribution is 2.22. The molecule has 5 amide bonds. The first-order valence-corrected chi connectivity index (χ1v) is 19.0. The third kappa shape index (κ3) is 13.9. The number of amides is 5. The molecule has 0 spiro atoms. The summed E-state index contributed by atoms with van der Waals surface area (Å²) in [5.74, 6) is -6.07. The first kappa shape index (κ1) is 43.0. The molecule has 0 saturated carbocycles. The fraction of sp³-hybridized carbons (Fsp3) is 0.405. The van der Waals surface area contributed by atoms with Crippen molar-refractivity contribution in [3.05, 3.63) is 83.2 Å². The van der Waals surface area contributed by atoms with Crippen LogP contribution < -0.4 is 26.4 Å². The first-order chi connectivity index (χ1) is 25.5. The van der Waals surface area contributed by atoms with Gasteiger partial charge in [-0.3, -0.25) is 28.8 Å². The molecule has 0 bridgehead atoms. The van der Waals surface area contributed by atoms with Gasteiger partial charge in [0.1, 0.15) is 29.5 Å². The number of aliphatic carboxylic acids is 1. The highest BCUT2D eigenvalue weighted by Gasteiger charge is 2.39. The number of likely N-dealkylation sites (tertiary alicyclic amines) is 1. The number of carbonyl (C=O) groups is 6. The summed E-state index contributed by atoms with van der Waals surface area (Å²) in [6.07, 6.45) is 2.71. The number of nitrogens with two attached hydrogens (primary N) is 1. The average Bonchev–Trinajstić information content (AvgIpc) is 3.60. The van der Waals surface area contributed by atoms with E-state index in [0.717, 1.165) is 0 Å². The van der Waals surface area contributed by atoms with Crippen LogP contribution in [-0.2, 0) is 38.8 Å². The highest BCUT2D eigenvalue weighted by molar-refractivity contribution is 7.89. The van der Waals surface area contributed by atoms with Crippen molar-refractivity contribution < 1.29 is 42.3 Å². The minimum Gasteiger partial charge on any atom is -0.481 e. The molecule has 292 valence electrons. The van der Waals surface area contributed by atoms with Crippen LogP contribution in [0.15, 0.2) is 72.1 Å². The Morgan fingerprint density at radius 2 is 1.44 bits per heavy atom. The third-order valence-electron chi connectivity index (χ3n) is 8.22. The second-order valence-electron chi connectivity index (χ2n) is 13.5. The average molecular weight is 768 g/mol. The molecule has 0 aliphatic carbocycles. The smallest absolute Gasteiger partial charge is 0.305 e. The number of benzene rings is 2. The van der Waals surface area contributed by atoms with E-state index >= 15 is 0 Å². The predicted molar refractivity (Wildman–Crippen MR) is 202 cm³/mol. The molecular weight excluding hydrogens is 719 g/mol. The summed E-state index contributed by atoms with van der Waals surface area (Å²) in [6.45, 7) is 4.12. The van der Waals surface area contributed by atoms with Crippen LogP contribution in [0.5, 0.6) is 0 Å². The van der Waals surface area contributed by atoms with E-state index < -0.39 is 75.8 Å². The summed E-state index contributed by atoms with van der Waals surface area (Å²) < 4.78 is 28.4. The zero-order valence-electron chi connectivity index (χ0n) is 30.8. The monoisotopic (exact) mass is 767 g/mol. The summed E-state index contributed by atoms with van der Waals surface area (Å²) in [5, 5.41) is 16.5. The van der Waals surface area contributed by atoms with E-state index in [9.17, 15) is 42.3 Å². The fourth-order valence-electron chi connectivity index (χ4n) is 5.54. The Bertz CT molecular complexity index is 1830. The zero-order chi connectivity index (χ0) is 40.0. The maximum Gasteiger partial charge on any atom is 0.305 e. The van der Waals surface area contributed by atoms with Crippen LogP contribution in [0.3, 0.4) is 0 Å². The van der Waals surface area contributed by atoms with Crippen LogP contribution in [0.1, 0.15) is 50.7 Å². The SMILES string of the molecule is CC(C)C[C@H](NS(=O)(=O)CCN(C)C)C(=O)N1CCC[C@H]1C(=O)N/C(=C\c1ccccc1)C(=O)N/C(=C\c1ccccc1)C(=O)N[C@@H](CC(=O)O)C(N)=O. The second-order valence-corrected chi connectivity index (χ2v) is 15.4. The van der Waals surface area contributed by atoms with E-state index in [1.165, 1.54) is 17.1 Å². The number of nitrogens with one attached hydrogen (secondary N) is 4. The molecule has 0 radical (unpaired) electrons. The molecular formula is C37H49N7O9S. The predicted octanol–water partition coefficient (Wildman–Crippen LogP) is 0.633. The number of nitrogens with zero attached hydrogens (tertiary/aromatic N) is 2. The van der Waals surface area contributed by atoms with Crippen LogP contribution in [0.25, 0.3) is 12.2 Å². The van der Waals surface area contributed by atoms with Crippen molar-refractivity contribution in [3.63, 3.8) is 0 Å². The Labute approximate surface area is 315 Å². The summed E-state index contributed by atoms with van der Waals surface area (Å²) in [7, 11) is -0.386. The molecule has 1 aliphatic rings. The number of hydrogen-bond acceptors (Lipinski definition) is 9. The van der Waals surface area contributed by atoms with Gasteiger partial charge in [-0.1, -0.05) is 74.5 Å². The maximum absolute atomic E-state index is 14.0. The Kier molecular flexibility index (Phi) is 16.1. The molecule has 7 N–H and O–H groups in total. The molecule has 2 aromatic rings. The van der Waals surface area contributed by atoms with Crippen molar-refractivity contribution in [1.82, 2.24) is 30.5 Å². The van der Waals surface area contributed by atoms with Crippen molar-refractivity contribution in [2.45, 2.75) is 57.7 Å². The minimum absolute atomic E-state index is 0.0628. The van der Waals surface area contributed by atoms with Gasteiger partial charge in [0.2, 0.25) is 27.7 Å². The molecule has 1 saturated heterocycles. The molecule has 3 rings (SSSR count). The van der Waals surface area contributed by atoms with Crippen LogP contribution in [0, 0.1) is 5.92 Å². The lowest BCUT2D eigenvalue weighted by molar-refractivity contribution is -0.140. The minimum atomic E-state index is -3.85. The Morgan fingerprint density at radius 3 is 1.94 bits per heavy atom. The van der Waals surface area contributed by atoms with E-state index in [4.69, 9.17) is 5.73 Å². The van der Waals surface area contributed by atoms with Crippen molar-refractivity contribution in [3.8, 4) is 0 Å². The topological polar surface area (TPSA) is 237 Å². The third-order valence-corrected chi connectivity index (χ3v) is 9.58. The van der Waals surface area contributed by atoms with Crippen LogP contribution >= 0.6 is 0 Å². The molecule has 3 atom stereocenters. The summed E-state index contributed by atoms with van der Waals surface area (Å²) in [5.41, 5.74) is 5.58. The summed E-state index contributed by atoms with van der Waals surface area (Å²) in [6, 6.07) is 13.0. The van der Waals surface area contributed by atoms with Gasteiger partial charge in [0, 0.05) is 13.1 Å². The first-order valence-electron chi connectivity index (χ1n) is 17.4. The lowest BCUT2D eigenvalue weighted by atomic mass is 10.0. The van der Waals surface area contributed by atoms with Gasteiger partial charge < -0.3 is 36.6 Å². The van der Waals surface area contributed by atoms with Crippen LogP contribution in [0.2, 0.25) is 0 Å². The molecule has 0 unspecified atom stereocenters. The molecule has 0 aromatic heterocycles. The van der Waals surface area contributed by atoms with Crippen molar-refractivity contribution in [1.29, 1.82) is 0 Å². The molecule has 1 aliphatic heterocycles. The van der Waals surface area contributed by atoms with Gasteiger partial charge in [0.25, 0.3) is 11.8 Å². The van der Waals surface area contributed by atoms with Crippen molar-refractivity contribution in [2.75, 3.05) is 32.9 Å². The van der Waals surface area contributed by atoms with Gasteiger partial charge in [-0.05, 0) is 62.6 Å². The molecule has 54 heavy (non-hydrogen) atoms. The van der Waals surface area contributed by atoms with E-state index in [-0.39, 0.29) is 43.3 Å². The number of primary amides is 1. The van der Waals surface area contributed by atoms with Gasteiger partial charge in [0.05, 0.1) is 12.2 Å². The molecule has 1 fully saturated rings. The Balaban J connectivity index is 1.94. The number of sulfonamides is 1. The van der Waals surface area contributed by atoms with Gasteiger partial charge in [-0.15, -0.1) is 0 Å². The van der Waals surface area contributed by atoms with E-state index in [1.54, 1.807) is 79.7 Å². The van der Waals surface area contributed by atoms with E-state index in [2.05, 4.69) is 20.7 Å². The lowest BCUT2D eigenvalue weighted by Crippen LogP contribution is -2.54. The van der Waals surface area contributed by atoms with Crippen LogP contribution in [-0.4, -0.2) is 110 Å².